The highest BCUT2D eigenvalue weighted by atomic mass is 32.2. The van der Waals surface area contributed by atoms with E-state index in [0.717, 1.165) is 11.1 Å². The fourth-order valence-corrected chi connectivity index (χ4v) is 4.65. The van der Waals surface area contributed by atoms with Crippen molar-refractivity contribution in [2.45, 2.75) is 37.1 Å². The van der Waals surface area contributed by atoms with E-state index in [2.05, 4.69) is 5.32 Å². The summed E-state index contributed by atoms with van der Waals surface area (Å²) in [7, 11) is -3.49. The zero-order chi connectivity index (χ0) is 19.4. The molecule has 1 aliphatic rings. The number of nitrogens with one attached hydrogen (secondary N) is 1. The molecule has 2 aromatic rings. The van der Waals surface area contributed by atoms with Gasteiger partial charge in [-0.2, -0.15) is 4.31 Å². The fourth-order valence-electron chi connectivity index (χ4n) is 3.18. The van der Waals surface area contributed by atoms with Crippen molar-refractivity contribution in [2.24, 2.45) is 0 Å². The smallest absolute Gasteiger partial charge is 0.243 e. The Hall–Kier alpha value is -2.38. The van der Waals surface area contributed by atoms with Gasteiger partial charge in [0.25, 0.3) is 0 Å². The minimum Gasteiger partial charge on any atom is -0.508 e. The third kappa shape index (κ3) is 4.87. The molecule has 3 rings (SSSR count). The van der Waals surface area contributed by atoms with Gasteiger partial charge in [-0.05, 0) is 49.6 Å². The predicted octanol–water partition coefficient (Wildman–Crippen LogP) is 2.21. The zero-order valence-electron chi connectivity index (χ0n) is 15.3. The molecule has 1 aliphatic heterocycles. The zero-order valence-corrected chi connectivity index (χ0v) is 16.1. The van der Waals surface area contributed by atoms with Gasteiger partial charge in [-0.3, -0.25) is 4.79 Å². The summed E-state index contributed by atoms with van der Waals surface area (Å²) in [6.45, 7) is 2.70. The molecule has 1 amide bonds. The molecule has 2 aromatic carbocycles. The monoisotopic (exact) mass is 388 g/mol. The van der Waals surface area contributed by atoms with Crippen LogP contribution in [0.3, 0.4) is 0 Å². The van der Waals surface area contributed by atoms with Crippen LogP contribution >= 0.6 is 0 Å². The van der Waals surface area contributed by atoms with Crippen molar-refractivity contribution >= 4 is 15.9 Å². The molecule has 6 nitrogen and oxygen atoms in total. The largest absolute Gasteiger partial charge is 0.508 e. The Morgan fingerprint density at radius 1 is 1.07 bits per heavy atom. The van der Waals surface area contributed by atoms with Crippen molar-refractivity contribution in [3.05, 3.63) is 59.7 Å². The van der Waals surface area contributed by atoms with Crippen LogP contribution in [0, 0.1) is 6.92 Å². The molecule has 1 saturated heterocycles. The number of hydrogen-bond donors (Lipinski definition) is 2. The van der Waals surface area contributed by atoms with Gasteiger partial charge in [-0.15, -0.1) is 0 Å². The van der Waals surface area contributed by atoms with Crippen LogP contribution in [-0.4, -0.2) is 42.9 Å². The third-order valence-corrected chi connectivity index (χ3v) is 6.69. The van der Waals surface area contributed by atoms with E-state index in [0.29, 0.717) is 30.8 Å². The first kappa shape index (κ1) is 19.4. The SMILES string of the molecule is Cc1ccc(S(=O)(=O)N2CCC(NC(=O)Cc3ccc(O)cc3)CC2)cc1. The molecule has 27 heavy (non-hydrogen) atoms. The predicted molar refractivity (Wildman–Crippen MR) is 103 cm³/mol. The molecule has 0 saturated carbocycles. The lowest BCUT2D eigenvalue weighted by molar-refractivity contribution is -0.121. The first-order valence-electron chi connectivity index (χ1n) is 8.99. The lowest BCUT2D eigenvalue weighted by Crippen LogP contribution is -2.46. The summed E-state index contributed by atoms with van der Waals surface area (Å²) in [6, 6.07) is 13.4. The summed E-state index contributed by atoms with van der Waals surface area (Å²) in [5, 5.41) is 12.3. The van der Waals surface area contributed by atoms with Crippen molar-refractivity contribution in [3.8, 4) is 5.75 Å². The highest BCUT2D eigenvalue weighted by Gasteiger charge is 2.29. The van der Waals surface area contributed by atoms with Crippen molar-refractivity contribution in [3.63, 3.8) is 0 Å². The van der Waals surface area contributed by atoms with Crippen LogP contribution in [-0.2, 0) is 21.2 Å². The number of rotatable bonds is 5. The van der Waals surface area contributed by atoms with Crippen LogP contribution in [0.15, 0.2) is 53.4 Å². The molecule has 7 heteroatoms. The summed E-state index contributed by atoms with van der Waals surface area (Å²) in [6.07, 6.45) is 1.42. The quantitative estimate of drug-likeness (QED) is 0.822. The second-order valence-electron chi connectivity index (χ2n) is 6.90. The van der Waals surface area contributed by atoms with E-state index in [-0.39, 0.29) is 24.1 Å². The van der Waals surface area contributed by atoms with E-state index in [1.807, 2.05) is 6.92 Å². The molecule has 0 atom stereocenters. The molecule has 0 aliphatic carbocycles. The first-order chi connectivity index (χ1) is 12.8. The molecule has 0 bridgehead atoms. The van der Waals surface area contributed by atoms with Crippen molar-refractivity contribution in [1.82, 2.24) is 9.62 Å². The van der Waals surface area contributed by atoms with E-state index in [1.165, 1.54) is 4.31 Å². The maximum Gasteiger partial charge on any atom is 0.243 e. The van der Waals surface area contributed by atoms with E-state index < -0.39 is 10.0 Å². The van der Waals surface area contributed by atoms with Gasteiger partial charge in [0.1, 0.15) is 5.75 Å². The summed E-state index contributed by atoms with van der Waals surface area (Å²) in [4.78, 5) is 12.5. The van der Waals surface area contributed by atoms with Crippen molar-refractivity contribution < 1.29 is 18.3 Å². The highest BCUT2D eigenvalue weighted by Crippen LogP contribution is 2.21. The molecule has 1 fully saturated rings. The summed E-state index contributed by atoms with van der Waals surface area (Å²) in [5.74, 6) is 0.0712. The highest BCUT2D eigenvalue weighted by molar-refractivity contribution is 7.89. The fraction of sp³-hybridized carbons (Fsp3) is 0.350. The van der Waals surface area contributed by atoms with Gasteiger partial charge < -0.3 is 10.4 Å². The van der Waals surface area contributed by atoms with E-state index in [1.54, 1.807) is 48.5 Å². The molecular weight excluding hydrogens is 364 g/mol. The lowest BCUT2D eigenvalue weighted by atomic mass is 10.1. The number of hydrogen-bond acceptors (Lipinski definition) is 4. The maximum absolute atomic E-state index is 12.7. The van der Waals surface area contributed by atoms with Crippen LogP contribution < -0.4 is 5.32 Å². The number of phenols is 1. The third-order valence-electron chi connectivity index (χ3n) is 4.78. The normalized spacial score (nSPS) is 16.2. The molecule has 1 heterocycles. The first-order valence-corrected chi connectivity index (χ1v) is 10.4. The average Bonchev–Trinajstić information content (AvgIpc) is 2.64. The van der Waals surface area contributed by atoms with E-state index in [9.17, 15) is 18.3 Å². The number of nitrogens with zero attached hydrogens (tertiary/aromatic N) is 1. The summed E-state index contributed by atoms with van der Waals surface area (Å²) >= 11 is 0. The second-order valence-corrected chi connectivity index (χ2v) is 8.84. The molecule has 2 N–H and O–H groups in total. The van der Waals surface area contributed by atoms with Crippen molar-refractivity contribution in [1.29, 1.82) is 0 Å². The Morgan fingerprint density at radius 3 is 2.26 bits per heavy atom. The number of phenolic OH excluding ortho intramolecular Hbond substituents is 1. The Balaban J connectivity index is 1.53. The lowest BCUT2D eigenvalue weighted by Gasteiger charge is -2.31. The topological polar surface area (TPSA) is 86.7 Å². The number of benzene rings is 2. The number of piperidine rings is 1. The molecule has 144 valence electrons. The molecule has 0 radical (unpaired) electrons. The van der Waals surface area contributed by atoms with Crippen LogP contribution in [0.2, 0.25) is 0 Å². The van der Waals surface area contributed by atoms with Crippen LogP contribution in [0.5, 0.6) is 5.75 Å². The average molecular weight is 388 g/mol. The number of aromatic hydroxyl groups is 1. The minimum absolute atomic E-state index is 0.0286. The standard InChI is InChI=1S/C20H24N2O4S/c1-15-2-8-19(9-3-15)27(25,26)22-12-10-17(11-13-22)21-20(24)14-16-4-6-18(23)7-5-16/h2-9,17,23H,10-14H2,1H3,(H,21,24). The van der Waals surface area contributed by atoms with Gasteiger partial charge >= 0.3 is 0 Å². The Kier molecular flexibility index (Phi) is 5.82. The summed E-state index contributed by atoms with van der Waals surface area (Å²) < 4.78 is 26.9. The van der Waals surface area contributed by atoms with E-state index in [4.69, 9.17) is 0 Å². The minimum atomic E-state index is -3.49. The number of sulfonamides is 1. The number of carbonyl (C=O) groups excluding carboxylic acids is 1. The second kappa shape index (κ2) is 8.10. The van der Waals surface area contributed by atoms with Gasteiger partial charge in [-0.1, -0.05) is 29.8 Å². The Labute approximate surface area is 159 Å². The van der Waals surface area contributed by atoms with Gasteiger partial charge in [0, 0.05) is 19.1 Å². The van der Waals surface area contributed by atoms with Crippen LogP contribution in [0.1, 0.15) is 24.0 Å². The molecule has 0 aromatic heterocycles. The number of carbonyl (C=O) groups is 1. The number of amides is 1. The summed E-state index contributed by atoms with van der Waals surface area (Å²) in [5.41, 5.74) is 1.84. The van der Waals surface area contributed by atoms with Crippen molar-refractivity contribution in [2.75, 3.05) is 13.1 Å². The molecule has 0 spiro atoms. The Morgan fingerprint density at radius 2 is 1.67 bits per heavy atom. The molecular formula is C20H24N2O4S. The van der Waals surface area contributed by atoms with E-state index >= 15 is 0 Å². The van der Waals surface area contributed by atoms with Gasteiger partial charge in [0.2, 0.25) is 15.9 Å². The number of aryl methyl sites for hydroxylation is 1. The van der Waals surface area contributed by atoms with Crippen LogP contribution in [0.25, 0.3) is 0 Å². The van der Waals surface area contributed by atoms with Gasteiger partial charge in [0.05, 0.1) is 11.3 Å². The van der Waals surface area contributed by atoms with Gasteiger partial charge in [0.15, 0.2) is 0 Å². The molecule has 0 unspecified atom stereocenters. The van der Waals surface area contributed by atoms with Crippen LogP contribution in [0.4, 0.5) is 0 Å². The Bertz CT molecular complexity index is 885. The maximum atomic E-state index is 12.7. The van der Waals surface area contributed by atoms with Gasteiger partial charge in [-0.25, -0.2) is 8.42 Å².